The van der Waals surface area contributed by atoms with E-state index >= 15 is 0 Å². The average molecular weight is 399 g/mol. The van der Waals surface area contributed by atoms with Crippen LogP contribution in [0.5, 0.6) is 0 Å². The lowest BCUT2D eigenvalue weighted by molar-refractivity contribution is -0.181. The van der Waals surface area contributed by atoms with Crippen LogP contribution in [-0.4, -0.2) is 71.1 Å². The van der Waals surface area contributed by atoms with E-state index in [9.17, 15) is 4.79 Å². The molecule has 0 radical (unpaired) electrons. The Bertz CT molecular complexity index is 863. The fourth-order valence-electron chi connectivity index (χ4n) is 4.25. The number of rotatable bonds is 3. The minimum Gasteiger partial charge on any atom is -0.357 e. The molecule has 9 nitrogen and oxygen atoms in total. The first kappa shape index (κ1) is 18.5. The predicted molar refractivity (Wildman–Crippen MR) is 103 cm³/mol. The number of anilines is 1. The second kappa shape index (κ2) is 7.72. The van der Waals surface area contributed by atoms with Crippen molar-refractivity contribution in [3.05, 3.63) is 24.2 Å². The largest absolute Gasteiger partial charge is 0.357 e. The van der Waals surface area contributed by atoms with Gasteiger partial charge in [0.15, 0.2) is 5.79 Å². The maximum absolute atomic E-state index is 12.8. The van der Waals surface area contributed by atoms with Crippen LogP contribution in [0.3, 0.4) is 0 Å². The SMILES string of the molecule is O=C(c1nc(-c2ccnc(N3CCCCC3)c2)no1)N1CCC2(CC1)OCCO2. The first-order chi connectivity index (χ1) is 14.2. The van der Waals surface area contributed by atoms with Gasteiger partial charge in [0.25, 0.3) is 0 Å². The fraction of sp³-hybridized carbons (Fsp3) is 0.600. The van der Waals surface area contributed by atoms with Crippen molar-refractivity contribution < 1.29 is 18.8 Å². The molecule has 1 amide bonds. The normalized spacial score (nSPS) is 21.7. The molecule has 5 heterocycles. The van der Waals surface area contributed by atoms with Crippen LogP contribution in [0, 0.1) is 0 Å². The number of nitrogens with zero attached hydrogens (tertiary/aromatic N) is 5. The molecule has 1 spiro atoms. The zero-order chi connectivity index (χ0) is 19.7. The number of ether oxygens (including phenoxy) is 2. The highest BCUT2D eigenvalue weighted by atomic mass is 16.7. The van der Waals surface area contributed by atoms with Crippen LogP contribution in [0.2, 0.25) is 0 Å². The van der Waals surface area contributed by atoms with E-state index in [1.54, 1.807) is 11.1 Å². The summed E-state index contributed by atoms with van der Waals surface area (Å²) in [6.07, 6.45) is 6.69. The van der Waals surface area contributed by atoms with E-state index in [4.69, 9.17) is 14.0 Å². The van der Waals surface area contributed by atoms with E-state index in [0.29, 0.717) is 45.0 Å². The third-order valence-electron chi connectivity index (χ3n) is 5.92. The number of aromatic nitrogens is 3. The lowest BCUT2D eigenvalue weighted by atomic mass is 10.0. The van der Waals surface area contributed by atoms with Crippen molar-refractivity contribution >= 4 is 11.7 Å². The van der Waals surface area contributed by atoms with Gasteiger partial charge in [-0.2, -0.15) is 4.98 Å². The second-order valence-corrected chi connectivity index (χ2v) is 7.77. The summed E-state index contributed by atoms with van der Waals surface area (Å²) in [5.41, 5.74) is 0.800. The molecule has 3 saturated heterocycles. The van der Waals surface area contributed by atoms with Crippen LogP contribution in [0.4, 0.5) is 5.82 Å². The Labute approximate surface area is 169 Å². The van der Waals surface area contributed by atoms with Gasteiger partial charge in [0, 0.05) is 50.8 Å². The van der Waals surface area contributed by atoms with Gasteiger partial charge in [-0.1, -0.05) is 5.16 Å². The minimum absolute atomic E-state index is 0.0144. The molecule has 0 atom stereocenters. The molecule has 2 aromatic rings. The third kappa shape index (κ3) is 3.72. The summed E-state index contributed by atoms with van der Waals surface area (Å²) in [5, 5.41) is 4.03. The Hall–Kier alpha value is -2.52. The number of hydrogen-bond donors (Lipinski definition) is 0. The summed E-state index contributed by atoms with van der Waals surface area (Å²) in [6, 6.07) is 3.80. The molecule has 3 aliphatic rings. The number of carbonyl (C=O) groups excluding carboxylic acids is 1. The maximum atomic E-state index is 12.8. The summed E-state index contributed by atoms with van der Waals surface area (Å²) >= 11 is 0. The number of pyridine rings is 1. The van der Waals surface area contributed by atoms with Crippen LogP contribution in [0.1, 0.15) is 42.8 Å². The number of likely N-dealkylation sites (tertiary alicyclic amines) is 1. The molecule has 3 fully saturated rings. The van der Waals surface area contributed by atoms with Gasteiger partial charge in [0.1, 0.15) is 5.82 Å². The molecule has 2 aromatic heterocycles. The summed E-state index contributed by atoms with van der Waals surface area (Å²) in [6.45, 7) is 4.35. The fourth-order valence-corrected chi connectivity index (χ4v) is 4.25. The molecule has 0 N–H and O–H groups in total. The Morgan fingerprint density at radius 1 is 1.03 bits per heavy atom. The van der Waals surface area contributed by atoms with Crippen molar-refractivity contribution in [2.75, 3.05) is 44.3 Å². The van der Waals surface area contributed by atoms with Gasteiger partial charge in [0.2, 0.25) is 5.82 Å². The number of hydrogen-bond acceptors (Lipinski definition) is 8. The van der Waals surface area contributed by atoms with Crippen molar-refractivity contribution in [2.24, 2.45) is 0 Å². The Morgan fingerprint density at radius 3 is 2.55 bits per heavy atom. The summed E-state index contributed by atoms with van der Waals surface area (Å²) in [4.78, 5) is 25.6. The van der Waals surface area contributed by atoms with Gasteiger partial charge in [0.05, 0.1) is 13.2 Å². The van der Waals surface area contributed by atoms with E-state index in [0.717, 1.165) is 24.5 Å². The molecule has 0 saturated carbocycles. The van der Waals surface area contributed by atoms with Gasteiger partial charge >= 0.3 is 11.8 Å². The van der Waals surface area contributed by atoms with Crippen LogP contribution >= 0.6 is 0 Å². The molecule has 0 unspecified atom stereocenters. The smallest absolute Gasteiger partial charge is 0.316 e. The van der Waals surface area contributed by atoms with Gasteiger partial charge in [-0.05, 0) is 31.4 Å². The zero-order valence-electron chi connectivity index (χ0n) is 16.4. The van der Waals surface area contributed by atoms with Crippen molar-refractivity contribution in [1.82, 2.24) is 20.0 Å². The van der Waals surface area contributed by atoms with Crippen LogP contribution < -0.4 is 4.90 Å². The third-order valence-corrected chi connectivity index (χ3v) is 5.92. The molecule has 5 rings (SSSR count). The van der Waals surface area contributed by atoms with Crippen LogP contribution in [0.25, 0.3) is 11.4 Å². The molecule has 3 aliphatic heterocycles. The zero-order valence-corrected chi connectivity index (χ0v) is 16.4. The summed E-state index contributed by atoms with van der Waals surface area (Å²) in [5.74, 6) is 0.573. The Balaban J connectivity index is 1.27. The summed E-state index contributed by atoms with van der Waals surface area (Å²) in [7, 11) is 0. The number of amides is 1. The molecule has 0 aliphatic carbocycles. The van der Waals surface area contributed by atoms with E-state index in [-0.39, 0.29) is 11.8 Å². The minimum atomic E-state index is -0.515. The van der Waals surface area contributed by atoms with Crippen molar-refractivity contribution in [3.63, 3.8) is 0 Å². The lowest BCUT2D eigenvalue weighted by Gasteiger charge is -2.36. The van der Waals surface area contributed by atoms with E-state index in [1.165, 1.54) is 19.3 Å². The average Bonchev–Trinajstić information content (AvgIpc) is 3.45. The first-order valence-electron chi connectivity index (χ1n) is 10.3. The topological polar surface area (TPSA) is 93.8 Å². The van der Waals surface area contributed by atoms with Gasteiger partial charge in [-0.3, -0.25) is 4.79 Å². The molecular formula is C20H25N5O4. The molecule has 0 bridgehead atoms. The summed E-state index contributed by atoms with van der Waals surface area (Å²) < 4.78 is 16.7. The predicted octanol–water partition coefficient (Wildman–Crippen LogP) is 2.10. The van der Waals surface area contributed by atoms with Gasteiger partial charge < -0.3 is 23.8 Å². The van der Waals surface area contributed by atoms with E-state index < -0.39 is 5.79 Å². The van der Waals surface area contributed by atoms with Crippen LogP contribution in [-0.2, 0) is 9.47 Å². The quantitative estimate of drug-likeness (QED) is 0.775. The maximum Gasteiger partial charge on any atom is 0.316 e. The number of piperidine rings is 2. The van der Waals surface area contributed by atoms with Crippen molar-refractivity contribution in [2.45, 2.75) is 37.9 Å². The van der Waals surface area contributed by atoms with Crippen LogP contribution in [0.15, 0.2) is 22.9 Å². The first-order valence-corrected chi connectivity index (χ1v) is 10.3. The highest BCUT2D eigenvalue weighted by molar-refractivity contribution is 5.90. The highest BCUT2D eigenvalue weighted by Crippen LogP contribution is 2.32. The molecular weight excluding hydrogens is 374 g/mol. The monoisotopic (exact) mass is 399 g/mol. The Kier molecular flexibility index (Phi) is 4.92. The molecule has 29 heavy (non-hydrogen) atoms. The standard InChI is InChI=1S/C20H25N5O4/c26-19(25-10-5-20(6-11-25)27-12-13-28-20)18-22-17(23-29-18)15-4-7-21-16(14-15)24-8-2-1-3-9-24/h4,7,14H,1-3,5-6,8-13H2. The van der Waals surface area contributed by atoms with E-state index in [2.05, 4.69) is 20.0 Å². The van der Waals surface area contributed by atoms with Crippen molar-refractivity contribution in [3.8, 4) is 11.4 Å². The molecule has 9 heteroatoms. The van der Waals surface area contributed by atoms with Gasteiger partial charge in [-0.25, -0.2) is 4.98 Å². The molecule has 154 valence electrons. The number of carbonyl (C=O) groups is 1. The van der Waals surface area contributed by atoms with Gasteiger partial charge in [-0.15, -0.1) is 0 Å². The highest BCUT2D eigenvalue weighted by Gasteiger charge is 2.41. The lowest BCUT2D eigenvalue weighted by Crippen LogP contribution is -2.47. The Morgan fingerprint density at radius 2 is 1.79 bits per heavy atom. The molecule has 0 aromatic carbocycles. The van der Waals surface area contributed by atoms with Crippen molar-refractivity contribution in [1.29, 1.82) is 0 Å². The second-order valence-electron chi connectivity index (χ2n) is 7.77. The van der Waals surface area contributed by atoms with E-state index in [1.807, 2.05) is 12.1 Å².